The molecule has 0 unspecified atom stereocenters. The summed E-state index contributed by atoms with van der Waals surface area (Å²) in [5.74, 6) is 0.546. The Hall–Kier alpha value is -1.62. The minimum atomic E-state index is -0.327. The van der Waals surface area contributed by atoms with Crippen LogP contribution in [0, 0.1) is 0 Å². The van der Waals surface area contributed by atoms with Gasteiger partial charge < -0.3 is 15.4 Å². The normalized spacial score (nSPS) is 19.7. The van der Waals surface area contributed by atoms with Gasteiger partial charge in [-0.2, -0.15) is 0 Å². The molecule has 1 aromatic rings. The summed E-state index contributed by atoms with van der Waals surface area (Å²) in [7, 11) is 0. The van der Waals surface area contributed by atoms with Gasteiger partial charge in [-0.3, -0.25) is 0 Å². The van der Waals surface area contributed by atoms with Gasteiger partial charge in [-0.1, -0.05) is 0 Å². The van der Waals surface area contributed by atoms with Crippen LogP contribution in [-0.4, -0.2) is 36.7 Å². The SMILES string of the molecule is CCOC(=O)c1ccc(N2CCC[C@@H](N)C2)nc1. The van der Waals surface area contributed by atoms with Gasteiger partial charge in [0.15, 0.2) is 0 Å². The van der Waals surface area contributed by atoms with E-state index in [0.29, 0.717) is 12.2 Å². The number of ether oxygens (including phenoxy) is 1. The Bertz CT molecular complexity index is 405. The van der Waals surface area contributed by atoms with Crippen LogP contribution in [0.15, 0.2) is 18.3 Å². The molecule has 0 bridgehead atoms. The first-order valence-corrected chi connectivity index (χ1v) is 6.34. The molecule has 1 atom stereocenters. The van der Waals surface area contributed by atoms with Gasteiger partial charge in [0.05, 0.1) is 12.2 Å². The van der Waals surface area contributed by atoms with E-state index in [2.05, 4.69) is 9.88 Å². The summed E-state index contributed by atoms with van der Waals surface area (Å²) < 4.78 is 4.92. The molecule has 98 valence electrons. The van der Waals surface area contributed by atoms with Crippen LogP contribution in [-0.2, 0) is 4.74 Å². The van der Waals surface area contributed by atoms with Crippen molar-refractivity contribution < 1.29 is 9.53 Å². The predicted molar refractivity (Wildman–Crippen MR) is 69.6 cm³/mol. The van der Waals surface area contributed by atoms with E-state index < -0.39 is 0 Å². The van der Waals surface area contributed by atoms with E-state index in [1.54, 1.807) is 19.2 Å². The van der Waals surface area contributed by atoms with Gasteiger partial charge in [-0.15, -0.1) is 0 Å². The van der Waals surface area contributed by atoms with E-state index in [0.717, 1.165) is 31.7 Å². The molecule has 0 aliphatic carbocycles. The van der Waals surface area contributed by atoms with Crippen molar-refractivity contribution in [3.8, 4) is 0 Å². The minimum Gasteiger partial charge on any atom is -0.462 e. The highest BCUT2D eigenvalue weighted by molar-refractivity contribution is 5.89. The summed E-state index contributed by atoms with van der Waals surface area (Å²) in [6, 6.07) is 3.82. The zero-order valence-corrected chi connectivity index (χ0v) is 10.6. The van der Waals surface area contributed by atoms with Crippen molar-refractivity contribution >= 4 is 11.8 Å². The summed E-state index contributed by atoms with van der Waals surface area (Å²) >= 11 is 0. The molecule has 1 aliphatic heterocycles. The van der Waals surface area contributed by atoms with Gasteiger partial charge in [-0.25, -0.2) is 9.78 Å². The van der Waals surface area contributed by atoms with Gasteiger partial charge in [0.1, 0.15) is 5.82 Å². The second kappa shape index (κ2) is 5.82. The maximum absolute atomic E-state index is 11.5. The van der Waals surface area contributed by atoms with Gasteiger partial charge in [0.2, 0.25) is 0 Å². The molecule has 5 nitrogen and oxygen atoms in total. The summed E-state index contributed by atoms with van der Waals surface area (Å²) in [5, 5.41) is 0. The quantitative estimate of drug-likeness (QED) is 0.815. The number of nitrogens with two attached hydrogens (primary N) is 1. The van der Waals surface area contributed by atoms with Gasteiger partial charge in [-0.05, 0) is 31.9 Å². The number of rotatable bonds is 3. The third-order valence-electron chi connectivity index (χ3n) is 3.04. The van der Waals surface area contributed by atoms with Gasteiger partial charge in [0.25, 0.3) is 0 Å². The highest BCUT2D eigenvalue weighted by Crippen LogP contribution is 2.17. The molecule has 2 heterocycles. The molecule has 0 radical (unpaired) electrons. The summed E-state index contributed by atoms with van der Waals surface area (Å²) in [6.45, 7) is 3.96. The molecular formula is C13H19N3O2. The molecule has 0 saturated carbocycles. The second-order valence-electron chi connectivity index (χ2n) is 4.47. The van der Waals surface area contributed by atoms with E-state index in [1.165, 1.54) is 0 Å². The number of esters is 1. The smallest absolute Gasteiger partial charge is 0.339 e. The topological polar surface area (TPSA) is 68.5 Å². The molecule has 0 aromatic carbocycles. The number of carbonyl (C=O) groups is 1. The lowest BCUT2D eigenvalue weighted by atomic mass is 10.1. The molecule has 1 saturated heterocycles. The number of aromatic nitrogens is 1. The summed E-state index contributed by atoms with van der Waals surface area (Å²) in [5.41, 5.74) is 6.42. The van der Waals surface area contributed by atoms with Crippen molar-refractivity contribution in [3.63, 3.8) is 0 Å². The highest BCUT2D eigenvalue weighted by Gasteiger charge is 2.18. The van der Waals surface area contributed by atoms with E-state index in [-0.39, 0.29) is 12.0 Å². The zero-order chi connectivity index (χ0) is 13.0. The fourth-order valence-electron chi connectivity index (χ4n) is 2.13. The summed E-state index contributed by atoms with van der Waals surface area (Å²) in [6.07, 6.45) is 3.72. The third-order valence-corrected chi connectivity index (χ3v) is 3.04. The first-order valence-electron chi connectivity index (χ1n) is 6.34. The van der Waals surface area contributed by atoms with Crippen LogP contribution in [0.4, 0.5) is 5.82 Å². The highest BCUT2D eigenvalue weighted by atomic mass is 16.5. The van der Waals surface area contributed by atoms with Crippen molar-refractivity contribution in [1.82, 2.24) is 4.98 Å². The second-order valence-corrected chi connectivity index (χ2v) is 4.47. The van der Waals surface area contributed by atoms with Crippen LogP contribution in [0.2, 0.25) is 0 Å². The van der Waals surface area contributed by atoms with Crippen LogP contribution in [0.25, 0.3) is 0 Å². The standard InChI is InChI=1S/C13H19N3O2/c1-2-18-13(17)10-5-6-12(15-8-10)16-7-3-4-11(14)9-16/h5-6,8,11H,2-4,7,9,14H2,1H3/t11-/m1/s1. The molecule has 1 aromatic heterocycles. The molecule has 0 spiro atoms. The molecule has 2 rings (SSSR count). The van der Waals surface area contributed by atoms with Crippen molar-refractivity contribution in [2.45, 2.75) is 25.8 Å². The predicted octanol–water partition coefficient (Wildman–Crippen LogP) is 1.19. The van der Waals surface area contributed by atoms with Crippen molar-refractivity contribution in [2.24, 2.45) is 5.73 Å². The number of pyridine rings is 1. The van der Waals surface area contributed by atoms with E-state index in [9.17, 15) is 4.79 Å². The molecule has 1 fully saturated rings. The Labute approximate surface area is 107 Å². The average Bonchev–Trinajstić information content (AvgIpc) is 2.39. The lowest BCUT2D eigenvalue weighted by Gasteiger charge is -2.31. The van der Waals surface area contributed by atoms with E-state index in [1.807, 2.05) is 6.07 Å². The monoisotopic (exact) mass is 249 g/mol. The van der Waals surface area contributed by atoms with Crippen LogP contribution < -0.4 is 10.6 Å². The molecule has 2 N–H and O–H groups in total. The Morgan fingerprint density at radius 1 is 1.61 bits per heavy atom. The Kier molecular flexibility index (Phi) is 4.15. The summed E-state index contributed by atoms with van der Waals surface area (Å²) in [4.78, 5) is 18.0. The first kappa shape index (κ1) is 12.8. The van der Waals surface area contributed by atoms with Crippen LogP contribution in [0.5, 0.6) is 0 Å². The molecule has 5 heteroatoms. The fourth-order valence-corrected chi connectivity index (χ4v) is 2.13. The Morgan fingerprint density at radius 2 is 2.44 bits per heavy atom. The number of piperidine rings is 1. The van der Waals surface area contributed by atoms with Gasteiger partial charge in [0, 0.05) is 25.3 Å². The molecular weight excluding hydrogens is 230 g/mol. The van der Waals surface area contributed by atoms with Crippen molar-refractivity contribution in [1.29, 1.82) is 0 Å². The van der Waals surface area contributed by atoms with Crippen LogP contribution >= 0.6 is 0 Å². The number of anilines is 1. The maximum atomic E-state index is 11.5. The number of nitrogens with zero attached hydrogens (tertiary/aromatic N) is 2. The Balaban J connectivity index is 2.05. The minimum absolute atomic E-state index is 0.213. The van der Waals surface area contributed by atoms with Crippen molar-refractivity contribution in [2.75, 3.05) is 24.6 Å². The third kappa shape index (κ3) is 2.98. The number of hydrogen-bond acceptors (Lipinski definition) is 5. The lowest BCUT2D eigenvalue weighted by molar-refractivity contribution is 0.0526. The molecule has 18 heavy (non-hydrogen) atoms. The fraction of sp³-hybridized carbons (Fsp3) is 0.538. The molecule has 1 aliphatic rings. The largest absolute Gasteiger partial charge is 0.462 e. The first-order chi connectivity index (χ1) is 8.70. The average molecular weight is 249 g/mol. The lowest BCUT2D eigenvalue weighted by Crippen LogP contribution is -2.43. The molecule has 0 amide bonds. The van der Waals surface area contributed by atoms with Crippen LogP contribution in [0.1, 0.15) is 30.1 Å². The zero-order valence-electron chi connectivity index (χ0n) is 10.6. The van der Waals surface area contributed by atoms with E-state index >= 15 is 0 Å². The van der Waals surface area contributed by atoms with Crippen molar-refractivity contribution in [3.05, 3.63) is 23.9 Å². The number of hydrogen-bond donors (Lipinski definition) is 1. The van der Waals surface area contributed by atoms with Crippen LogP contribution in [0.3, 0.4) is 0 Å². The number of carbonyl (C=O) groups excluding carboxylic acids is 1. The Morgan fingerprint density at radius 3 is 3.06 bits per heavy atom. The van der Waals surface area contributed by atoms with E-state index in [4.69, 9.17) is 10.5 Å². The van der Waals surface area contributed by atoms with Gasteiger partial charge >= 0.3 is 5.97 Å². The maximum Gasteiger partial charge on any atom is 0.339 e.